The Morgan fingerprint density at radius 1 is 1.38 bits per heavy atom. The highest BCUT2D eigenvalue weighted by atomic mass is 32.2. The summed E-state index contributed by atoms with van der Waals surface area (Å²) < 4.78 is 4.89. The zero-order valence-corrected chi connectivity index (χ0v) is 15.1. The zero-order chi connectivity index (χ0) is 18.2. The molecular formula is C18H22N2O3S. The van der Waals surface area contributed by atoms with Crippen molar-refractivity contribution in [1.82, 2.24) is 5.32 Å². The second-order valence-electron chi connectivity index (χ2n) is 5.73. The third kappa shape index (κ3) is 6.09. The van der Waals surface area contributed by atoms with Crippen LogP contribution < -0.4 is 5.32 Å². The van der Waals surface area contributed by atoms with Crippen molar-refractivity contribution in [2.45, 2.75) is 31.2 Å². The molecule has 0 aliphatic heterocycles. The summed E-state index contributed by atoms with van der Waals surface area (Å²) in [6, 6.07) is 9.76. The van der Waals surface area contributed by atoms with E-state index >= 15 is 0 Å². The molecule has 6 heteroatoms. The summed E-state index contributed by atoms with van der Waals surface area (Å²) in [7, 11) is 0. The summed E-state index contributed by atoms with van der Waals surface area (Å²) in [5, 5.41) is 11.7. The van der Waals surface area contributed by atoms with Gasteiger partial charge >= 0.3 is 5.97 Å². The quantitative estimate of drug-likeness (QED) is 0.466. The van der Waals surface area contributed by atoms with Gasteiger partial charge in [0.05, 0.1) is 6.07 Å². The Labute approximate surface area is 147 Å². The van der Waals surface area contributed by atoms with E-state index in [1.807, 2.05) is 44.4 Å². The topological polar surface area (TPSA) is 79.2 Å². The van der Waals surface area contributed by atoms with Crippen LogP contribution in [0.2, 0.25) is 0 Å². The lowest BCUT2D eigenvalue weighted by Gasteiger charge is -2.27. The van der Waals surface area contributed by atoms with Crippen molar-refractivity contribution in [3.63, 3.8) is 0 Å². The maximum Gasteiger partial charge on any atom is 0.331 e. The molecule has 0 aliphatic rings. The van der Waals surface area contributed by atoms with Crippen LogP contribution in [0.15, 0.2) is 35.2 Å². The maximum atomic E-state index is 11.8. The van der Waals surface area contributed by atoms with Crippen LogP contribution in [0.4, 0.5) is 0 Å². The van der Waals surface area contributed by atoms with Crippen molar-refractivity contribution in [1.29, 1.82) is 5.26 Å². The number of nitrogens with one attached hydrogen (secondary N) is 1. The van der Waals surface area contributed by atoms with Gasteiger partial charge < -0.3 is 10.1 Å². The molecule has 1 aromatic carbocycles. The summed E-state index contributed by atoms with van der Waals surface area (Å²) in [6.07, 6.45) is 4.88. The number of benzene rings is 1. The van der Waals surface area contributed by atoms with Gasteiger partial charge in [-0.25, -0.2) is 4.79 Å². The summed E-state index contributed by atoms with van der Waals surface area (Å²) in [4.78, 5) is 24.6. The Kier molecular flexibility index (Phi) is 7.53. The van der Waals surface area contributed by atoms with Crippen LogP contribution in [0.3, 0.4) is 0 Å². The second kappa shape index (κ2) is 9.14. The van der Waals surface area contributed by atoms with Crippen LogP contribution in [-0.2, 0) is 14.3 Å². The molecule has 0 aliphatic carbocycles. The lowest BCUT2D eigenvalue weighted by Crippen LogP contribution is -2.50. The molecule has 128 valence electrons. The molecule has 0 saturated heterocycles. The minimum Gasteiger partial charge on any atom is -0.452 e. The van der Waals surface area contributed by atoms with E-state index in [-0.39, 0.29) is 5.92 Å². The van der Waals surface area contributed by atoms with Gasteiger partial charge in [0.2, 0.25) is 0 Å². The summed E-state index contributed by atoms with van der Waals surface area (Å²) in [5.74, 6) is -1.17. The Balaban J connectivity index is 2.49. The molecule has 0 bridgehead atoms. The Hall–Kier alpha value is -2.26. The van der Waals surface area contributed by atoms with Gasteiger partial charge in [0.15, 0.2) is 6.61 Å². The molecule has 0 fully saturated rings. The molecule has 5 nitrogen and oxygen atoms in total. The predicted molar refractivity (Wildman–Crippen MR) is 95.2 cm³/mol. The first kappa shape index (κ1) is 19.8. The highest BCUT2D eigenvalue weighted by Crippen LogP contribution is 2.16. The van der Waals surface area contributed by atoms with Crippen molar-refractivity contribution in [3.05, 3.63) is 35.9 Å². The van der Waals surface area contributed by atoms with Gasteiger partial charge in [-0.3, -0.25) is 4.79 Å². The van der Waals surface area contributed by atoms with Crippen molar-refractivity contribution in [3.8, 4) is 6.07 Å². The summed E-state index contributed by atoms with van der Waals surface area (Å²) >= 11 is 1.64. The van der Waals surface area contributed by atoms with Crippen LogP contribution in [0, 0.1) is 17.2 Å². The van der Waals surface area contributed by atoms with Gasteiger partial charge in [0, 0.05) is 11.0 Å². The number of carbonyl (C=O) groups is 2. The van der Waals surface area contributed by atoms with Crippen LogP contribution in [-0.4, -0.2) is 30.3 Å². The molecular weight excluding hydrogens is 324 g/mol. The Morgan fingerprint density at radius 2 is 2.00 bits per heavy atom. The van der Waals surface area contributed by atoms with Crippen LogP contribution in [0.1, 0.15) is 26.3 Å². The molecule has 0 spiro atoms. The van der Waals surface area contributed by atoms with E-state index in [1.54, 1.807) is 24.8 Å². The fourth-order valence-electron chi connectivity index (χ4n) is 1.69. The van der Waals surface area contributed by atoms with E-state index < -0.39 is 24.0 Å². The smallest absolute Gasteiger partial charge is 0.331 e. The number of amides is 1. The minimum atomic E-state index is -0.988. The van der Waals surface area contributed by atoms with E-state index in [2.05, 4.69) is 11.4 Å². The van der Waals surface area contributed by atoms with Gasteiger partial charge in [0.25, 0.3) is 5.91 Å². The van der Waals surface area contributed by atoms with E-state index in [4.69, 9.17) is 10.00 Å². The highest BCUT2D eigenvalue weighted by molar-refractivity contribution is 7.98. The molecule has 0 heterocycles. The number of thioether (sulfide) groups is 1. The molecule has 1 atom stereocenters. The van der Waals surface area contributed by atoms with E-state index in [0.717, 1.165) is 10.5 Å². The average Bonchev–Trinajstić information content (AvgIpc) is 2.58. The summed E-state index contributed by atoms with van der Waals surface area (Å²) in [6.45, 7) is 4.88. The summed E-state index contributed by atoms with van der Waals surface area (Å²) in [5.41, 5.74) is -0.121. The standard InChI is InChI=1S/C18H22N2O3S/c1-13(2)18(3,12-19)20-16(21)11-23-17(22)10-7-14-5-8-15(24-4)9-6-14/h5-10,13H,11H2,1-4H3,(H,20,21)/b10-7+. The highest BCUT2D eigenvalue weighted by Gasteiger charge is 2.30. The van der Waals surface area contributed by atoms with Crippen molar-refractivity contribution >= 4 is 29.7 Å². The minimum absolute atomic E-state index is 0.0636. The van der Waals surface area contributed by atoms with Crippen LogP contribution >= 0.6 is 11.8 Å². The fourth-order valence-corrected chi connectivity index (χ4v) is 2.10. The van der Waals surface area contributed by atoms with Crippen molar-refractivity contribution in [2.24, 2.45) is 5.92 Å². The molecule has 24 heavy (non-hydrogen) atoms. The number of nitriles is 1. The Morgan fingerprint density at radius 3 is 2.50 bits per heavy atom. The van der Waals surface area contributed by atoms with Gasteiger partial charge in [-0.1, -0.05) is 26.0 Å². The molecule has 1 amide bonds. The predicted octanol–water partition coefficient (Wildman–Crippen LogP) is 3.02. The lowest BCUT2D eigenvalue weighted by molar-refractivity contribution is -0.144. The van der Waals surface area contributed by atoms with Crippen molar-refractivity contribution in [2.75, 3.05) is 12.9 Å². The first-order chi connectivity index (χ1) is 11.3. The molecule has 1 aromatic rings. The molecule has 0 saturated carbocycles. The van der Waals surface area contributed by atoms with Gasteiger partial charge in [-0.05, 0) is 42.9 Å². The number of hydrogen-bond acceptors (Lipinski definition) is 5. The fraction of sp³-hybridized carbons (Fsp3) is 0.389. The maximum absolute atomic E-state index is 11.8. The Bertz CT molecular complexity index is 647. The largest absolute Gasteiger partial charge is 0.452 e. The molecule has 0 aromatic heterocycles. The van der Waals surface area contributed by atoms with Gasteiger partial charge in [-0.2, -0.15) is 5.26 Å². The monoisotopic (exact) mass is 346 g/mol. The van der Waals surface area contributed by atoms with Gasteiger partial charge in [0.1, 0.15) is 5.54 Å². The van der Waals surface area contributed by atoms with Crippen LogP contribution in [0.5, 0.6) is 0 Å². The first-order valence-corrected chi connectivity index (χ1v) is 8.74. The zero-order valence-electron chi connectivity index (χ0n) is 14.3. The van der Waals surface area contributed by atoms with E-state index in [9.17, 15) is 9.59 Å². The van der Waals surface area contributed by atoms with E-state index in [1.165, 1.54) is 6.08 Å². The third-order valence-electron chi connectivity index (χ3n) is 3.66. The third-order valence-corrected chi connectivity index (χ3v) is 4.40. The number of carbonyl (C=O) groups excluding carboxylic acids is 2. The van der Waals surface area contributed by atoms with E-state index in [0.29, 0.717) is 0 Å². The lowest BCUT2D eigenvalue weighted by atomic mass is 9.90. The number of ether oxygens (including phenoxy) is 1. The number of esters is 1. The van der Waals surface area contributed by atoms with Gasteiger partial charge in [-0.15, -0.1) is 11.8 Å². The first-order valence-electron chi connectivity index (χ1n) is 7.52. The number of hydrogen-bond donors (Lipinski definition) is 1. The number of nitrogens with zero attached hydrogens (tertiary/aromatic N) is 1. The average molecular weight is 346 g/mol. The van der Waals surface area contributed by atoms with Crippen molar-refractivity contribution < 1.29 is 14.3 Å². The molecule has 0 radical (unpaired) electrons. The normalized spacial score (nSPS) is 13.3. The van der Waals surface area contributed by atoms with Crippen LogP contribution in [0.25, 0.3) is 6.08 Å². The molecule has 1 N–H and O–H groups in total. The molecule has 1 unspecified atom stereocenters. The number of rotatable bonds is 7. The molecule has 1 rings (SSSR count). The second-order valence-corrected chi connectivity index (χ2v) is 6.61. The SMILES string of the molecule is CSc1ccc(/C=C/C(=O)OCC(=O)NC(C)(C#N)C(C)C)cc1.